The minimum atomic E-state index is -4.62. The van der Waals surface area contributed by atoms with Crippen molar-refractivity contribution in [3.63, 3.8) is 0 Å². The lowest BCUT2D eigenvalue weighted by Crippen LogP contribution is -2.57. The number of ether oxygens (including phenoxy) is 1. The van der Waals surface area contributed by atoms with E-state index in [2.05, 4.69) is 39.2 Å². The summed E-state index contributed by atoms with van der Waals surface area (Å²) in [5.74, 6) is 0.313. The monoisotopic (exact) mass is 584 g/mol. The van der Waals surface area contributed by atoms with Gasteiger partial charge in [-0.25, -0.2) is 0 Å². The summed E-state index contributed by atoms with van der Waals surface area (Å²) in [5.41, 5.74) is 0.370. The van der Waals surface area contributed by atoms with Crippen molar-refractivity contribution in [1.82, 2.24) is 25.0 Å². The first-order chi connectivity index (χ1) is 19.8. The predicted molar refractivity (Wildman–Crippen MR) is 157 cm³/mol. The van der Waals surface area contributed by atoms with E-state index in [1.165, 1.54) is 6.20 Å². The van der Waals surface area contributed by atoms with E-state index in [4.69, 9.17) is 4.74 Å². The summed E-state index contributed by atoms with van der Waals surface area (Å²) < 4.78 is 49.1. The largest absolute Gasteiger partial charge is 0.417 e. The number of alkyl halides is 3. The number of pyridine rings is 1. The maximum atomic E-state index is 13.9. The van der Waals surface area contributed by atoms with Crippen molar-refractivity contribution < 1.29 is 22.7 Å². The second-order valence-electron chi connectivity index (χ2n) is 12.5. The van der Waals surface area contributed by atoms with Crippen LogP contribution in [-0.4, -0.2) is 77.7 Å². The molecule has 2 bridgehead atoms. The number of allylic oxidation sites excluding steroid dienone is 1. The highest BCUT2D eigenvalue weighted by Crippen LogP contribution is 2.38. The maximum absolute atomic E-state index is 13.9. The summed E-state index contributed by atoms with van der Waals surface area (Å²) in [5, 5.41) is 11.9. The molecule has 0 aliphatic carbocycles. The number of carbonyl (C=O) groups excluding carboxylic acids is 1. The number of anilines is 1. The normalized spacial score (nSPS) is 21.4. The molecule has 2 N–H and O–H groups in total. The highest BCUT2D eigenvalue weighted by atomic mass is 19.4. The molecule has 1 amide bonds. The van der Waals surface area contributed by atoms with E-state index in [0.717, 1.165) is 18.8 Å². The molecule has 0 radical (unpaired) electrons. The molecule has 42 heavy (non-hydrogen) atoms. The number of benzene rings is 1. The SMILES string of the molecule is C=C(c1nc(CCCNC(=O)c2cnn(C(C)(C)C)c2)cc2c(NC3C4COCC3CN(C)C4)cccc12)C(F)(F)F. The second-order valence-corrected chi connectivity index (χ2v) is 12.5. The quantitative estimate of drug-likeness (QED) is 0.358. The van der Waals surface area contributed by atoms with Crippen LogP contribution in [0.3, 0.4) is 0 Å². The standard InChI is InChI=1S/C31H39F3N6O2/c1-19(31(32,33)34)27-24-9-6-10-26(38-28-21-14-39(5)15-22(28)18-42-17-21)25(24)12-23(37-27)8-7-11-35-29(41)20-13-36-40(16-20)30(2,3)4/h6,9-10,12-13,16,21-22,28,38H,1,7-8,11,14-15,17-18H2,2-5H3,(H,35,41). The number of hydrogen-bond donors (Lipinski definition) is 2. The number of piperidine rings is 1. The number of amides is 1. The fourth-order valence-electron chi connectivity index (χ4n) is 5.91. The van der Waals surface area contributed by atoms with E-state index in [0.29, 0.717) is 54.6 Å². The van der Waals surface area contributed by atoms with Crippen molar-refractivity contribution in [2.24, 2.45) is 11.8 Å². The van der Waals surface area contributed by atoms with Gasteiger partial charge in [0.05, 0.1) is 41.8 Å². The number of fused-ring (bicyclic) bond motifs is 3. The first kappa shape index (κ1) is 30.0. The Bertz CT molecular complexity index is 1450. The molecule has 1 aromatic carbocycles. The van der Waals surface area contributed by atoms with Crippen LogP contribution in [0, 0.1) is 11.8 Å². The Morgan fingerprint density at radius 3 is 2.50 bits per heavy atom. The van der Waals surface area contributed by atoms with E-state index in [-0.39, 0.29) is 35.0 Å². The van der Waals surface area contributed by atoms with Crippen LogP contribution in [0.5, 0.6) is 0 Å². The summed E-state index contributed by atoms with van der Waals surface area (Å²) >= 11 is 0. The molecule has 2 aromatic heterocycles. The predicted octanol–water partition coefficient (Wildman–Crippen LogP) is 5.11. The Morgan fingerprint density at radius 2 is 1.86 bits per heavy atom. The zero-order chi connectivity index (χ0) is 30.2. The Kier molecular flexibility index (Phi) is 8.35. The van der Waals surface area contributed by atoms with E-state index in [9.17, 15) is 18.0 Å². The number of aryl methyl sites for hydroxylation is 1. The third-order valence-electron chi connectivity index (χ3n) is 8.08. The average molecular weight is 585 g/mol. The molecule has 2 fully saturated rings. The van der Waals surface area contributed by atoms with Crippen LogP contribution in [-0.2, 0) is 16.7 Å². The maximum Gasteiger partial charge on any atom is 0.417 e. The molecule has 8 nitrogen and oxygen atoms in total. The first-order valence-corrected chi connectivity index (χ1v) is 14.4. The van der Waals surface area contributed by atoms with Gasteiger partial charge in [0.25, 0.3) is 5.91 Å². The van der Waals surface area contributed by atoms with Gasteiger partial charge in [0.15, 0.2) is 0 Å². The van der Waals surface area contributed by atoms with Crippen molar-refractivity contribution in [2.75, 3.05) is 45.2 Å². The molecule has 3 aromatic rings. The Balaban J connectivity index is 1.36. The number of aromatic nitrogens is 3. The summed E-state index contributed by atoms with van der Waals surface area (Å²) in [4.78, 5) is 19.4. The third-order valence-corrected chi connectivity index (χ3v) is 8.08. The summed E-state index contributed by atoms with van der Waals surface area (Å²) in [6, 6.07) is 7.36. The van der Waals surface area contributed by atoms with Gasteiger partial charge in [0.2, 0.25) is 0 Å². The molecular weight excluding hydrogens is 545 g/mol. The minimum Gasteiger partial charge on any atom is -0.381 e. The zero-order valence-corrected chi connectivity index (χ0v) is 24.6. The van der Waals surface area contributed by atoms with Crippen LogP contribution in [0.15, 0.2) is 43.2 Å². The minimum absolute atomic E-state index is 0.157. The van der Waals surface area contributed by atoms with Gasteiger partial charge in [-0.1, -0.05) is 18.7 Å². The number of carbonyl (C=O) groups is 1. The van der Waals surface area contributed by atoms with Crippen LogP contribution < -0.4 is 10.6 Å². The van der Waals surface area contributed by atoms with E-state index >= 15 is 0 Å². The van der Waals surface area contributed by atoms with Gasteiger partial charge in [-0.05, 0) is 52.8 Å². The number of likely N-dealkylation sites (tertiary alicyclic amines) is 1. The van der Waals surface area contributed by atoms with Gasteiger partial charge < -0.3 is 20.3 Å². The number of nitrogens with zero attached hydrogens (tertiary/aromatic N) is 4. The van der Waals surface area contributed by atoms with Crippen molar-refractivity contribution in [3.8, 4) is 0 Å². The molecule has 11 heteroatoms. The van der Waals surface area contributed by atoms with Crippen LogP contribution in [0.25, 0.3) is 16.3 Å². The van der Waals surface area contributed by atoms with Gasteiger partial charge in [0.1, 0.15) is 0 Å². The van der Waals surface area contributed by atoms with Gasteiger partial charge in [-0.2, -0.15) is 18.3 Å². The van der Waals surface area contributed by atoms with E-state index < -0.39 is 11.7 Å². The van der Waals surface area contributed by atoms with Crippen LogP contribution in [0.1, 0.15) is 48.9 Å². The highest BCUT2D eigenvalue weighted by Gasteiger charge is 2.40. The lowest BCUT2D eigenvalue weighted by molar-refractivity contribution is -0.0688. The summed E-state index contributed by atoms with van der Waals surface area (Å²) in [6.07, 6.45) is -0.497. The molecule has 2 aliphatic heterocycles. The Morgan fingerprint density at radius 1 is 1.14 bits per heavy atom. The van der Waals surface area contributed by atoms with Crippen molar-refractivity contribution in [1.29, 1.82) is 0 Å². The summed E-state index contributed by atoms with van der Waals surface area (Å²) in [7, 11) is 2.10. The van der Waals surface area contributed by atoms with E-state index in [1.54, 1.807) is 23.0 Å². The first-order valence-electron chi connectivity index (χ1n) is 14.4. The molecule has 2 unspecified atom stereocenters. The van der Waals surface area contributed by atoms with Gasteiger partial charge in [-0.15, -0.1) is 0 Å². The fraction of sp³-hybridized carbons (Fsp3) is 0.516. The number of rotatable bonds is 8. The Labute approximate surface area is 244 Å². The van der Waals surface area contributed by atoms with Crippen molar-refractivity contribution in [3.05, 3.63) is 60.2 Å². The second kappa shape index (κ2) is 11.7. The van der Waals surface area contributed by atoms with Crippen LogP contribution >= 0.6 is 0 Å². The van der Waals surface area contributed by atoms with Crippen LogP contribution in [0.2, 0.25) is 0 Å². The molecule has 0 spiro atoms. The van der Waals surface area contributed by atoms with Gasteiger partial charge in [0, 0.05) is 65.9 Å². The summed E-state index contributed by atoms with van der Waals surface area (Å²) in [6.45, 7) is 12.8. The van der Waals surface area contributed by atoms with Gasteiger partial charge in [-0.3, -0.25) is 14.5 Å². The fourth-order valence-corrected chi connectivity index (χ4v) is 5.91. The molecule has 0 saturated carbocycles. The topological polar surface area (TPSA) is 84.3 Å². The Hall–Kier alpha value is -3.44. The number of halogens is 3. The van der Waals surface area contributed by atoms with Crippen molar-refractivity contribution in [2.45, 2.75) is 51.4 Å². The number of hydrogen-bond acceptors (Lipinski definition) is 6. The van der Waals surface area contributed by atoms with Gasteiger partial charge >= 0.3 is 6.18 Å². The molecule has 2 atom stereocenters. The molecule has 226 valence electrons. The van der Waals surface area contributed by atoms with E-state index in [1.807, 2.05) is 32.9 Å². The smallest absolute Gasteiger partial charge is 0.381 e. The lowest BCUT2D eigenvalue weighted by atomic mass is 9.82. The zero-order valence-electron chi connectivity index (χ0n) is 24.6. The average Bonchev–Trinajstić information content (AvgIpc) is 3.42. The van der Waals surface area contributed by atoms with Crippen LogP contribution in [0.4, 0.5) is 18.9 Å². The molecule has 5 rings (SSSR count). The highest BCUT2D eigenvalue weighted by molar-refractivity contribution is 6.00. The van der Waals surface area contributed by atoms with Crippen molar-refractivity contribution >= 4 is 27.9 Å². The molecule has 2 saturated heterocycles. The third kappa shape index (κ3) is 6.47. The molecular formula is C31H39F3N6O2. The lowest BCUT2D eigenvalue weighted by Gasteiger charge is -2.46. The number of nitrogens with one attached hydrogen (secondary N) is 2. The molecule has 4 heterocycles. The molecule has 2 aliphatic rings.